The van der Waals surface area contributed by atoms with E-state index in [1.54, 1.807) is 48.5 Å². The molecule has 0 amide bonds. The van der Waals surface area contributed by atoms with Crippen molar-refractivity contribution in [1.29, 1.82) is 21.0 Å². The predicted octanol–water partition coefficient (Wildman–Crippen LogP) is 10.4. The highest BCUT2D eigenvalue weighted by Gasteiger charge is 2.09. The summed E-state index contributed by atoms with van der Waals surface area (Å²) in [6.07, 6.45) is 12.3. The summed E-state index contributed by atoms with van der Waals surface area (Å²) in [5.74, 6) is 3.36. The summed E-state index contributed by atoms with van der Waals surface area (Å²) in [5.41, 5.74) is 2.67. The molecule has 1 aliphatic heterocycles. The lowest BCUT2D eigenvalue weighted by atomic mass is 10.1. The topological polar surface area (TPSA) is 145 Å². The molecule has 0 aromatic heterocycles. The molecule has 0 bridgehead atoms. The molecule has 12 nitrogen and oxygen atoms in total. The van der Waals surface area contributed by atoms with E-state index in [-0.39, 0.29) is 0 Å². The first kappa shape index (κ1) is 58.0. The normalized spacial score (nSPS) is 11.8. The number of nitriles is 4. The molecule has 0 atom stereocenters. The molecule has 1 aliphatic rings. The Kier molecular flexibility index (Phi) is 32.3. The van der Waals surface area contributed by atoms with Crippen LogP contribution < -0.4 is 18.9 Å². The van der Waals surface area contributed by atoms with E-state index in [1.165, 1.54) is 64.6 Å². The molecule has 5 rings (SSSR count). The van der Waals surface area contributed by atoms with Crippen LogP contribution >= 0.6 is 0 Å². The van der Waals surface area contributed by atoms with Gasteiger partial charge < -0.3 is 38.5 Å². The van der Waals surface area contributed by atoms with Crippen molar-refractivity contribution < 1.29 is 18.9 Å². The Bertz CT molecular complexity index is 2020. The number of ether oxygens (including phenoxy) is 4. The molecule has 1 saturated heterocycles. The molecule has 0 N–H and O–H groups in total. The summed E-state index contributed by atoms with van der Waals surface area (Å²) in [7, 11) is 8.27. The Morgan fingerprint density at radius 3 is 1.10 bits per heavy atom. The van der Waals surface area contributed by atoms with Crippen LogP contribution in [0.1, 0.15) is 100 Å². The fourth-order valence-corrected chi connectivity index (χ4v) is 6.79. The highest BCUT2D eigenvalue weighted by atomic mass is 16.5. The summed E-state index contributed by atoms with van der Waals surface area (Å²) >= 11 is 0. The maximum Gasteiger partial charge on any atom is 0.119 e. The van der Waals surface area contributed by atoms with E-state index in [0.717, 1.165) is 88.2 Å². The first-order valence-electron chi connectivity index (χ1n) is 24.4. The van der Waals surface area contributed by atoms with Gasteiger partial charge in [0, 0.05) is 13.1 Å². The van der Waals surface area contributed by atoms with E-state index in [0.29, 0.717) is 35.5 Å². The van der Waals surface area contributed by atoms with Crippen molar-refractivity contribution in [3.63, 3.8) is 0 Å². The Hall–Kier alpha value is -6.12. The number of nitrogens with zero attached hydrogens (tertiary/aromatic N) is 8. The Balaban J connectivity index is 0.000000313. The van der Waals surface area contributed by atoms with Crippen LogP contribution in [-0.4, -0.2) is 127 Å². The van der Waals surface area contributed by atoms with Crippen LogP contribution in [0.2, 0.25) is 0 Å². The molecule has 0 unspecified atom stereocenters. The second kappa shape index (κ2) is 37.9. The van der Waals surface area contributed by atoms with Gasteiger partial charge in [0.05, 0.1) is 66.4 Å². The third-order valence-corrected chi connectivity index (χ3v) is 10.9. The van der Waals surface area contributed by atoms with Gasteiger partial charge in [-0.3, -0.25) is 0 Å². The van der Waals surface area contributed by atoms with E-state index in [9.17, 15) is 0 Å². The van der Waals surface area contributed by atoms with Gasteiger partial charge in [-0.05, 0) is 222 Å². The van der Waals surface area contributed by atoms with Gasteiger partial charge in [-0.25, -0.2) is 0 Å². The maximum atomic E-state index is 8.71. The van der Waals surface area contributed by atoms with Crippen LogP contribution in [0.25, 0.3) is 0 Å². The van der Waals surface area contributed by atoms with E-state index >= 15 is 0 Å². The Labute approximate surface area is 409 Å². The fourth-order valence-electron chi connectivity index (χ4n) is 6.79. The summed E-state index contributed by atoms with van der Waals surface area (Å²) in [4.78, 5) is 9.22. The third kappa shape index (κ3) is 28.8. The summed E-state index contributed by atoms with van der Waals surface area (Å²) in [5, 5.41) is 34.6. The van der Waals surface area contributed by atoms with Gasteiger partial charge in [0.1, 0.15) is 29.6 Å². The van der Waals surface area contributed by atoms with Gasteiger partial charge in [-0.1, -0.05) is 20.3 Å². The number of piperidine rings is 1. The van der Waals surface area contributed by atoms with Crippen molar-refractivity contribution in [3.05, 3.63) is 119 Å². The molecule has 0 saturated carbocycles. The van der Waals surface area contributed by atoms with Crippen molar-refractivity contribution in [3.8, 4) is 47.3 Å². The average molecular weight is 927 g/mol. The molecule has 0 spiro atoms. The van der Waals surface area contributed by atoms with Gasteiger partial charge in [0.15, 0.2) is 0 Å². The number of hydrogen-bond donors (Lipinski definition) is 0. The summed E-state index contributed by atoms with van der Waals surface area (Å²) in [6, 6.07) is 37.3. The molecule has 0 radical (unpaired) electrons. The van der Waals surface area contributed by atoms with E-state index < -0.39 is 0 Å². The van der Waals surface area contributed by atoms with Crippen LogP contribution in [0.15, 0.2) is 97.1 Å². The Morgan fingerprint density at radius 2 is 0.750 bits per heavy atom. The number of hydrogen-bond acceptors (Lipinski definition) is 12. The first-order chi connectivity index (χ1) is 33.1. The van der Waals surface area contributed by atoms with Crippen molar-refractivity contribution in [2.75, 3.05) is 107 Å². The van der Waals surface area contributed by atoms with E-state index in [1.807, 2.05) is 62.6 Å². The minimum atomic E-state index is 0.663. The number of unbranched alkanes of at least 4 members (excludes halogenated alkanes) is 4. The largest absolute Gasteiger partial charge is 0.494 e. The number of benzene rings is 4. The quantitative estimate of drug-likeness (QED) is 0.0583. The monoisotopic (exact) mass is 927 g/mol. The highest BCUT2D eigenvalue weighted by molar-refractivity contribution is 5.36. The zero-order valence-electron chi connectivity index (χ0n) is 42.0. The molecule has 1 heterocycles. The minimum absolute atomic E-state index is 0.663. The molecule has 12 heteroatoms. The minimum Gasteiger partial charge on any atom is -0.494 e. The molecule has 4 aromatic carbocycles. The van der Waals surface area contributed by atoms with Crippen LogP contribution in [0.5, 0.6) is 23.0 Å². The van der Waals surface area contributed by atoms with Gasteiger partial charge in [-0.2, -0.15) is 21.0 Å². The molecule has 366 valence electrons. The highest BCUT2D eigenvalue weighted by Crippen LogP contribution is 2.16. The Morgan fingerprint density at radius 1 is 0.412 bits per heavy atom. The van der Waals surface area contributed by atoms with Gasteiger partial charge >= 0.3 is 0 Å². The number of rotatable bonds is 25. The third-order valence-electron chi connectivity index (χ3n) is 10.9. The van der Waals surface area contributed by atoms with Crippen molar-refractivity contribution in [2.24, 2.45) is 0 Å². The first-order valence-corrected chi connectivity index (χ1v) is 24.4. The number of likely N-dealkylation sites (tertiary alicyclic amines) is 1. The molecule has 0 aliphatic carbocycles. The lowest BCUT2D eigenvalue weighted by molar-refractivity contribution is 0.221. The number of likely N-dealkylation sites (N-methyl/N-ethyl adjacent to an activating group) is 1. The zero-order valence-corrected chi connectivity index (χ0v) is 42.0. The van der Waals surface area contributed by atoms with Crippen LogP contribution in [0.3, 0.4) is 0 Å². The standard InChI is InChI=1S/C17H24N2O.C14H20N2O.C13H18N2O.C12H16N2O/c18-15-16-7-9-17(10-8-16)20-14-6-2-5-13-19-11-3-1-4-12-19;1-16(2)10-4-3-5-11-17-14-8-6-13(12-15)7-9-14;1-3-15(4-2)9-10-16-13-7-5-12(11-14)6-8-13;1-14(2)8-3-9-15-12-6-4-11(10-13)5-7-12/h7-10H,1-6,11-14H2;6-9H,3-5,10-11H2,1-2H3;5-8H,3-4,9-10H2,1-2H3;4-7H,3,8-9H2,1-2H3. The second-order valence-corrected chi connectivity index (χ2v) is 16.9. The smallest absolute Gasteiger partial charge is 0.119 e. The fraction of sp³-hybridized carbons (Fsp3) is 0.500. The average Bonchev–Trinajstić information content (AvgIpc) is 3.37. The maximum absolute atomic E-state index is 8.71. The van der Waals surface area contributed by atoms with Crippen LogP contribution in [0, 0.1) is 45.3 Å². The lowest BCUT2D eigenvalue weighted by Crippen LogP contribution is -2.30. The SMILES string of the molecule is CCN(CC)CCOc1ccc(C#N)cc1.CN(C)CCCCCOc1ccc(C#N)cc1.CN(C)CCCOc1ccc(C#N)cc1.N#Cc1ccc(OCCCCCN2CCCCC2)cc1. The van der Waals surface area contributed by atoms with E-state index in [2.05, 4.69) is 71.8 Å². The summed E-state index contributed by atoms with van der Waals surface area (Å²) in [6.45, 7) is 16.2. The predicted molar refractivity (Wildman–Crippen MR) is 274 cm³/mol. The lowest BCUT2D eigenvalue weighted by Gasteiger charge is -2.26. The molecule has 1 fully saturated rings. The van der Waals surface area contributed by atoms with Crippen molar-refractivity contribution >= 4 is 0 Å². The molecule has 4 aromatic rings. The van der Waals surface area contributed by atoms with Gasteiger partial charge in [0.2, 0.25) is 0 Å². The van der Waals surface area contributed by atoms with Crippen molar-refractivity contribution in [2.45, 2.75) is 78.1 Å². The molecular weight excluding hydrogens is 849 g/mol. The molecular formula is C56H78N8O4. The van der Waals surface area contributed by atoms with Crippen LogP contribution in [-0.2, 0) is 0 Å². The van der Waals surface area contributed by atoms with Crippen LogP contribution in [0.4, 0.5) is 0 Å². The van der Waals surface area contributed by atoms with E-state index in [4.69, 9.17) is 40.0 Å². The second-order valence-electron chi connectivity index (χ2n) is 16.9. The van der Waals surface area contributed by atoms with Gasteiger partial charge in [0.25, 0.3) is 0 Å². The zero-order chi connectivity index (χ0) is 49.5. The van der Waals surface area contributed by atoms with Crippen molar-refractivity contribution in [1.82, 2.24) is 19.6 Å². The summed E-state index contributed by atoms with van der Waals surface area (Å²) < 4.78 is 22.4. The van der Waals surface area contributed by atoms with Gasteiger partial charge in [-0.15, -0.1) is 0 Å². The molecule has 68 heavy (non-hydrogen) atoms.